The van der Waals surface area contributed by atoms with Crippen molar-refractivity contribution in [3.63, 3.8) is 0 Å². The van der Waals surface area contributed by atoms with Gasteiger partial charge in [-0.3, -0.25) is 4.98 Å². The first kappa shape index (κ1) is 15.9. The van der Waals surface area contributed by atoms with Gasteiger partial charge in [0.1, 0.15) is 0 Å². The summed E-state index contributed by atoms with van der Waals surface area (Å²) >= 11 is 3.57. The molecule has 4 heteroatoms. The lowest BCUT2D eigenvalue weighted by Crippen LogP contribution is -1.86. The van der Waals surface area contributed by atoms with Gasteiger partial charge in [-0.05, 0) is 64.7 Å². The molecule has 0 saturated heterocycles. The van der Waals surface area contributed by atoms with E-state index in [1.165, 1.54) is 36.2 Å². The molecule has 2 aromatic carbocycles. The predicted octanol–water partition coefficient (Wildman–Crippen LogP) is 7.39. The number of hydrogen-bond acceptors (Lipinski definition) is 4. The van der Waals surface area contributed by atoms with Gasteiger partial charge in [0.2, 0.25) is 0 Å². The SMILES string of the molecule is c1csc(-c2ccc(-c3ccc4c(ccc5c6cccnc6ccc45)n3)s2)c1. The lowest BCUT2D eigenvalue weighted by molar-refractivity contribution is 1.42. The highest BCUT2D eigenvalue weighted by atomic mass is 32.1. The fourth-order valence-corrected chi connectivity index (χ4v) is 5.56. The summed E-state index contributed by atoms with van der Waals surface area (Å²) in [6, 6.07) is 25.7. The van der Waals surface area contributed by atoms with Gasteiger partial charge in [-0.25, -0.2) is 4.98 Å². The van der Waals surface area contributed by atoms with Crippen molar-refractivity contribution in [3.8, 4) is 20.3 Å². The van der Waals surface area contributed by atoms with Gasteiger partial charge in [0, 0.05) is 26.7 Å². The van der Waals surface area contributed by atoms with Gasteiger partial charge in [-0.15, -0.1) is 22.7 Å². The maximum Gasteiger partial charge on any atom is 0.0809 e. The molecule has 0 atom stereocenters. The van der Waals surface area contributed by atoms with Crippen LogP contribution in [-0.4, -0.2) is 9.97 Å². The molecule has 6 rings (SSSR count). The molecule has 0 aliphatic rings. The van der Waals surface area contributed by atoms with Gasteiger partial charge in [-0.2, -0.15) is 0 Å². The van der Waals surface area contributed by atoms with Crippen LogP contribution in [0.3, 0.4) is 0 Å². The Morgan fingerprint density at radius 1 is 0.571 bits per heavy atom. The summed E-state index contributed by atoms with van der Waals surface area (Å²) in [4.78, 5) is 13.3. The van der Waals surface area contributed by atoms with Crippen LogP contribution in [-0.2, 0) is 0 Å². The molecule has 0 unspecified atom stereocenters. The van der Waals surface area contributed by atoms with Crippen LogP contribution in [0, 0.1) is 0 Å². The molecule has 0 spiro atoms. The van der Waals surface area contributed by atoms with E-state index < -0.39 is 0 Å². The van der Waals surface area contributed by atoms with Gasteiger partial charge in [-0.1, -0.05) is 24.3 Å². The molecule has 0 aliphatic carbocycles. The summed E-state index contributed by atoms with van der Waals surface area (Å²) in [5.41, 5.74) is 3.08. The van der Waals surface area contributed by atoms with Crippen LogP contribution < -0.4 is 0 Å². The number of benzene rings is 2. The number of fused-ring (bicyclic) bond motifs is 5. The minimum atomic E-state index is 1.03. The van der Waals surface area contributed by atoms with Crippen LogP contribution in [0.4, 0.5) is 0 Å². The molecular formula is C24H14N2S2. The van der Waals surface area contributed by atoms with Gasteiger partial charge >= 0.3 is 0 Å². The Morgan fingerprint density at radius 2 is 1.36 bits per heavy atom. The molecule has 6 aromatic rings. The van der Waals surface area contributed by atoms with E-state index in [0.717, 1.165) is 16.7 Å². The molecule has 4 heterocycles. The molecule has 0 N–H and O–H groups in total. The molecule has 0 fully saturated rings. The molecule has 0 bridgehead atoms. The molecule has 28 heavy (non-hydrogen) atoms. The second-order valence-corrected chi connectivity index (χ2v) is 8.73. The zero-order valence-electron chi connectivity index (χ0n) is 14.8. The summed E-state index contributed by atoms with van der Waals surface area (Å²) in [5.74, 6) is 0. The maximum absolute atomic E-state index is 4.97. The summed E-state index contributed by atoms with van der Waals surface area (Å²) in [7, 11) is 0. The summed E-state index contributed by atoms with van der Waals surface area (Å²) < 4.78 is 0. The molecular weight excluding hydrogens is 380 g/mol. The van der Waals surface area contributed by atoms with E-state index in [-0.39, 0.29) is 0 Å². The molecule has 0 aliphatic heterocycles. The monoisotopic (exact) mass is 394 g/mol. The van der Waals surface area contributed by atoms with Crippen molar-refractivity contribution in [1.29, 1.82) is 0 Å². The Morgan fingerprint density at radius 3 is 2.21 bits per heavy atom. The van der Waals surface area contributed by atoms with E-state index in [9.17, 15) is 0 Å². The van der Waals surface area contributed by atoms with Crippen molar-refractivity contribution in [2.75, 3.05) is 0 Å². The first-order chi connectivity index (χ1) is 13.9. The van der Waals surface area contributed by atoms with Crippen molar-refractivity contribution in [2.24, 2.45) is 0 Å². The van der Waals surface area contributed by atoms with E-state index in [2.05, 4.69) is 77.1 Å². The van der Waals surface area contributed by atoms with E-state index in [4.69, 9.17) is 4.98 Å². The quantitative estimate of drug-likeness (QED) is 0.286. The first-order valence-corrected chi connectivity index (χ1v) is 10.8. The number of nitrogens with zero attached hydrogens (tertiary/aromatic N) is 2. The smallest absolute Gasteiger partial charge is 0.0809 e. The van der Waals surface area contributed by atoms with E-state index in [1.807, 2.05) is 12.3 Å². The van der Waals surface area contributed by atoms with Crippen molar-refractivity contribution < 1.29 is 0 Å². The Kier molecular flexibility index (Phi) is 3.54. The van der Waals surface area contributed by atoms with Crippen molar-refractivity contribution >= 4 is 55.3 Å². The largest absolute Gasteiger partial charge is 0.256 e. The topological polar surface area (TPSA) is 25.8 Å². The second kappa shape index (κ2) is 6.23. The Bertz CT molecular complexity index is 1460. The second-order valence-electron chi connectivity index (χ2n) is 6.70. The number of aromatic nitrogens is 2. The highest BCUT2D eigenvalue weighted by Crippen LogP contribution is 2.37. The van der Waals surface area contributed by atoms with E-state index in [1.54, 1.807) is 22.7 Å². The standard InChI is InChI=1S/C24H14N2S2/c1-3-17-15-6-9-20-18(16(15)5-8-19(17)25-13-1)7-10-21(26-20)22-11-12-24(28-22)23-4-2-14-27-23/h1-14H. The minimum absolute atomic E-state index is 1.03. The summed E-state index contributed by atoms with van der Waals surface area (Å²) in [6.07, 6.45) is 1.84. The third-order valence-electron chi connectivity index (χ3n) is 5.07. The van der Waals surface area contributed by atoms with Gasteiger partial charge in [0.05, 0.1) is 21.6 Å². The maximum atomic E-state index is 4.97. The number of hydrogen-bond donors (Lipinski definition) is 0. The highest BCUT2D eigenvalue weighted by molar-refractivity contribution is 7.23. The molecule has 0 amide bonds. The molecule has 0 radical (unpaired) electrons. The molecule has 2 nitrogen and oxygen atoms in total. The Balaban J connectivity index is 1.51. The van der Waals surface area contributed by atoms with Crippen molar-refractivity contribution in [2.45, 2.75) is 0 Å². The van der Waals surface area contributed by atoms with Gasteiger partial charge < -0.3 is 0 Å². The minimum Gasteiger partial charge on any atom is -0.256 e. The van der Waals surface area contributed by atoms with Crippen LogP contribution in [0.1, 0.15) is 0 Å². The van der Waals surface area contributed by atoms with E-state index >= 15 is 0 Å². The third kappa shape index (κ3) is 2.46. The summed E-state index contributed by atoms with van der Waals surface area (Å²) in [6.45, 7) is 0. The average molecular weight is 395 g/mol. The Hall–Kier alpha value is -3.08. The summed E-state index contributed by atoms with van der Waals surface area (Å²) in [5, 5.41) is 6.94. The fourth-order valence-electron chi connectivity index (χ4n) is 3.75. The van der Waals surface area contributed by atoms with E-state index in [0.29, 0.717) is 0 Å². The molecule has 4 aromatic heterocycles. The fraction of sp³-hybridized carbons (Fsp3) is 0. The predicted molar refractivity (Wildman–Crippen MR) is 121 cm³/mol. The molecule has 0 saturated carbocycles. The molecule has 132 valence electrons. The lowest BCUT2D eigenvalue weighted by Gasteiger charge is -2.07. The van der Waals surface area contributed by atoms with Gasteiger partial charge in [0.15, 0.2) is 0 Å². The van der Waals surface area contributed by atoms with Gasteiger partial charge in [0.25, 0.3) is 0 Å². The average Bonchev–Trinajstić information content (AvgIpc) is 3.44. The van der Waals surface area contributed by atoms with Crippen LogP contribution in [0.2, 0.25) is 0 Å². The third-order valence-corrected chi connectivity index (χ3v) is 7.25. The number of thiophene rings is 2. The van der Waals surface area contributed by atoms with Crippen molar-refractivity contribution in [3.05, 3.63) is 84.4 Å². The van der Waals surface area contributed by atoms with Crippen LogP contribution >= 0.6 is 22.7 Å². The number of pyridine rings is 2. The number of rotatable bonds is 2. The van der Waals surface area contributed by atoms with Crippen LogP contribution in [0.25, 0.3) is 52.9 Å². The zero-order valence-corrected chi connectivity index (χ0v) is 16.4. The normalized spacial score (nSPS) is 11.6. The first-order valence-electron chi connectivity index (χ1n) is 9.08. The van der Waals surface area contributed by atoms with Crippen molar-refractivity contribution in [1.82, 2.24) is 9.97 Å². The highest BCUT2D eigenvalue weighted by Gasteiger charge is 2.10. The zero-order chi connectivity index (χ0) is 18.5. The van der Waals surface area contributed by atoms with Crippen LogP contribution in [0.5, 0.6) is 0 Å². The van der Waals surface area contributed by atoms with Crippen LogP contribution in [0.15, 0.2) is 84.4 Å². The Labute approximate surface area is 169 Å². The lowest BCUT2D eigenvalue weighted by atomic mass is 10.0.